The van der Waals surface area contributed by atoms with Gasteiger partial charge in [-0.15, -0.1) is 0 Å². The largest absolute Gasteiger partial charge is 1.00 e. The van der Waals surface area contributed by atoms with Gasteiger partial charge in [0.05, 0.1) is 39.1 Å². The van der Waals surface area contributed by atoms with Gasteiger partial charge in [0, 0.05) is 0 Å². The van der Waals surface area contributed by atoms with Crippen LogP contribution in [0.5, 0.6) is 0 Å². The van der Waals surface area contributed by atoms with E-state index in [1.54, 1.807) is 0 Å². The van der Waals surface area contributed by atoms with Gasteiger partial charge in [0.25, 0.3) is 10.1 Å². The SMILES string of the molecule is O=C(O)c1ccc(C(=O)O)cc1.O=C(O)c1ccc(C(=O)O)cc1.O=C([O-])c1cc(C(=O)[O-])cc(S(=O)(=O)O)c1.[Na+].[Na+]. The van der Waals surface area contributed by atoms with Gasteiger partial charge in [-0.2, -0.15) is 8.42 Å². The Morgan fingerprint density at radius 1 is 0.476 bits per heavy atom. The van der Waals surface area contributed by atoms with Gasteiger partial charge in [0.15, 0.2) is 0 Å². The number of carbonyl (C=O) groups is 6. The zero-order valence-corrected chi connectivity index (χ0v) is 26.4. The Bertz CT molecular complexity index is 1400. The molecule has 0 aliphatic carbocycles. The fourth-order valence-corrected chi connectivity index (χ4v) is 3.05. The Morgan fingerprint density at radius 3 is 0.833 bits per heavy atom. The minimum absolute atomic E-state index is 0. The first-order valence-electron chi connectivity index (χ1n) is 10.1. The maximum atomic E-state index is 10.7. The van der Waals surface area contributed by atoms with Crippen molar-refractivity contribution >= 4 is 45.9 Å². The van der Waals surface area contributed by atoms with E-state index in [0.717, 1.165) is 0 Å². The summed E-state index contributed by atoms with van der Waals surface area (Å²) < 4.78 is 30.1. The number of carboxylic acid groups (broad SMARTS) is 6. The van der Waals surface area contributed by atoms with E-state index in [1.165, 1.54) is 48.5 Å². The predicted octanol–water partition coefficient (Wildman–Crippen LogP) is -6.17. The van der Waals surface area contributed by atoms with E-state index >= 15 is 0 Å². The Hall–Kier alpha value is -3.61. The molecule has 0 amide bonds. The van der Waals surface area contributed by atoms with Crippen LogP contribution in [0.2, 0.25) is 0 Å². The number of aromatic carboxylic acids is 6. The second kappa shape index (κ2) is 18.0. The zero-order chi connectivity index (χ0) is 30.8. The van der Waals surface area contributed by atoms with Gasteiger partial charge in [0.2, 0.25) is 0 Å². The van der Waals surface area contributed by atoms with Crippen molar-refractivity contribution < 1.29 is 131 Å². The molecule has 0 bridgehead atoms. The van der Waals surface area contributed by atoms with E-state index < -0.39 is 62.0 Å². The van der Waals surface area contributed by atoms with Crippen molar-refractivity contribution in [2.24, 2.45) is 0 Å². The van der Waals surface area contributed by atoms with Gasteiger partial charge in [-0.1, -0.05) is 0 Å². The number of hydrogen-bond donors (Lipinski definition) is 5. The summed E-state index contributed by atoms with van der Waals surface area (Å²) in [5.41, 5.74) is -1.04. The molecule has 0 aromatic heterocycles. The summed E-state index contributed by atoms with van der Waals surface area (Å²) in [5.74, 6) is -7.79. The normalized spacial score (nSPS) is 9.55. The zero-order valence-electron chi connectivity index (χ0n) is 21.6. The first kappa shape index (κ1) is 40.5. The number of hydrogen-bond acceptors (Lipinski definition) is 10. The summed E-state index contributed by atoms with van der Waals surface area (Å²) in [6, 6.07) is 11.9. The van der Waals surface area contributed by atoms with Crippen molar-refractivity contribution in [1.82, 2.24) is 0 Å². The predicted molar refractivity (Wildman–Crippen MR) is 126 cm³/mol. The molecule has 15 nitrogen and oxygen atoms in total. The Balaban J connectivity index is 0. The molecule has 0 aliphatic heterocycles. The summed E-state index contributed by atoms with van der Waals surface area (Å²) in [6.07, 6.45) is 0. The van der Waals surface area contributed by atoms with Gasteiger partial charge >= 0.3 is 83.0 Å². The number of carboxylic acids is 6. The molecule has 5 N–H and O–H groups in total. The molecule has 0 heterocycles. The molecule has 42 heavy (non-hydrogen) atoms. The van der Waals surface area contributed by atoms with Gasteiger partial charge in [0.1, 0.15) is 0 Å². The minimum atomic E-state index is -4.70. The molecular weight excluding hydrogens is 606 g/mol. The molecule has 0 aliphatic rings. The van der Waals surface area contributed by atoms with E-state index in [-0.39, 0.29) is 81.4 Å². The Labute approximate surface area is 280 Å². The second-order valence-electron chi connectivity index (χ2n) is 7.17. The molecule has 3 aromatic carbocycles. The molecule has 0 saturated heterocycles. The quantitative estimate of drug-likeness (QED) is 0.121. The maximum Gasteiger partial charge on any atom is 1.00 e. The molecule has 0 atom stereocenters. The van der Waals surface area contributed by atoms with Crippen molar-refractivity contribution in [2.45, 2.75) is 4.90 Å². The van der Waals surface area contributed by atoms with Crippen LogP contribution in [0.3, 0.4) is 0 Å². The average molecular weight is 622 g/mol. The molecule has 0 unspecified atom stereocenters. The van der Waals surface area contributed by atoms with Crippen LogP contribution >= 0.6 is 0 Å². The van der Waals surface area contributed by atoms with Gasteiger partial charge < -0.3 is 40.2 Å². The van der Waals surface area contributed by atoms with Crippen LogP contribution in [-0.2, 0) is 10.1 Å². The summed E-state index contributed by atoms with van der Waals surface area (Å²) in [5, 5.41) is 54.8. The van der Waals surface area contributed by atoms with Crippen molar-refractivity contribution in [3.63, 3.8) is 0 Å². The van der Waals surface area contributed by atoms with Crippen molar-refractivity contribution in [3.05, 3.63) is 100 Å². The van der Waals surface area contributed by atoms with Crippen LogP contribution in [0.1, 0.15) is 62.1 Å². The third kappa shape index (κ3) is 13.4. The molecular formula is C24H16Na2O15S. The number of carbonyl (C=O) groups excluding carboxylic acids is 2. The Kier molecular flexibility index (Phi) is 17.4. The fourth-order valence-electron chi connectivity index (χ4n) is 2.49. The van der Waals surface area contributed by atoms with Crippen LogP contribution < -0.4 is 69.3 Å². The molecule has 18 heteroatoms. The van der Waals surface area contributed by atoms with Gasteiger partial charge in [-0.3, -0.25) is 4.55 Å². The molecule has 210 valence electrons. The van der Waals surface area contributed by atoms with E-state index in [4.69, 9.17) is 25.0 Å². The second-order valence-corrected chi connectivity index (χ2v) is 8.59. The summed E-state index contributed by atoms with van der Waals surface area (Å²) in [7, 11) is -4.70. The van der Waals surface area contributed by atoms with Crippen molar-refractivity contribution in [2.75, 3.05) is 0 Å². The number of benzene rings is 3. The van der Waals surface area contributed by atoms with Crippen LogP contribution in [0.15, 0.2) is 71.6 Å². The molecule has 3 rings (SSSR count). The van der Waals surface area contributed by atoms with E-state index in [0.29, 0.717) is 18.2 Å². The van der Waals surface area contributed by atoms with Crippen molar-refractivity contribution in [3.8, 4) is 0 Å². The van der Waals surface area contributed by atoms with Crippen LogP contribution in [0.4, 0.5) is 0 Å². The Morgan fingerprint density at radius 2 is 0.690 bits per heavy atom. The van der Waals surface area contributed by atoms with Crippen molar-refractivity contribution in [1.29, 1.82) is 0 Å². The van der Waals surface area contributed by atoms with Crippen LogP contribution in [0, 0.1) is 0 Å². The van der Waals surface area contributed by atoms with Crippen LogP contribution in [-0.4, -0.2) is 69.2 Å². The van der Waals surface area contributed by atoms with Crippen LogP contribution in [0.25, 0.3) is 0 Å². The standard InChI is InChI=1S/C8H6O7S.2C8H6O4.2Na/c9-7(10)4-1-5(8(11)12)3-6(2-4)16(13,14)15;2*9-7(10)5-1-2-6(4-3-5)8(11)12;;/h1-3H,(H,9,10)(H,11,12)(H,13,14,15);2*1-4H,(H,9,10)(H,11,12);;/q;;;2*+1/p-2. The topological polar surface area (TPSA) is 284 Å². The van der Waals surface area contributed by atoms with Gasteiger partial charge in [-0.25, -0.2) is 19.2 Å². The third-order valence-electron chi connectivity index (χ3n) is 4.43. The molecule has 3 aromatic rings. The fraction of sp³-hybridized carbons (Fsp3) is 0. The average Bonchev–Trinajstić information content (AvgIpc) is 2.88. The first-order chi connectivity index (χ1) is 18.4. The third-order valence-corrected chi connectivity index (χ3v) is 5.26. The molecule has 0 fully saturated rings. The maximum absolute atomic E-state index is 10.7. The van der Waals surface area contributed by atoms with E-state index in [9.17, 15) is 47.4 Å². The molecule has 0 spiro atoms. The molecule has 0 saturated carbocycles. The summed E-state index contributed by atoms with van der Waals surface area (Å²) in [6.45, 7) is 0. The van der Waals surface area contributed by atoms with Gasteiger partial charge in [-0.05, 0) is 77.9 Å². The monoisotopic (exact) mass is 622 g/mol. The molecule has 0 radical (unpaired) electrons. The number of rotatable bonds is 7. The van der Waals surface area contributed by atoms with E-state index in [1.807, 2.05) is 0 Å². The summed E-state index contributed by atoms with van der Waals surface area (Å²) >= 11 is 0. The smallest absolute Gasteiger partial charge is 0.545 e. The van der Waals surface area contributed by atoms with E-state index in [2.05, 4.69) is 0 Å². The first-order valence-corrected chi connectivity index (χ1v) is 11.6. The summed E-state index contributed by atoms with van der Waals surface area (Å²) in [4.78, 5) is 61.4. The minimum Gasteiger partial charge on any atom is -0.545 e.